The Morgan fingerprint density at radius 3 is 2.11 bits per heavy atom. The fourth-order valence-electron chi connectivity index (χ4n) is 1.73. The summed E-state index contributed by atoms with van der Waals surface area (Å²) < 4.78 is 37.6. The molecule has 4 heteroatoms. The highest BCUT2D eigenvalue weighted by atomic mass is 35.5. The zero-order valence-electron chi connectivity index (χ0n) is 9.34. The van der Waals surface area contributed by atoms with E-state index in [1.165, 1.54) is 12.1 Å². The van der Waals surface area contributed by atoms with Gasteiger partial charge in [0.05, 0.1) is 10.6 Å². The second-order valence-electron chi connectivity index (χ2n) is 3.97. The van der Waals surface area contributed by atoms with Crippen molar-refractivity contribution >= 4 is 11.6 Å². The highest BCUT2D eigenvalue weighted by Gasteiger charge is 2.32. The zero-order valence-corrected chi connectivity index (χ0v) is 10.1. The summed E-state index contributed by atoms with van der Waals surface area (Å²) in [5.74, 6) is 0. The maximum absolute atomic E-state index is 12.5. The second kappa shape index (κ2) is 5.02. The van der Waals surface area contributed by atoms with Crippen LogP contribution in [0, 0.1) is 0 Å². The molecule has 0 N–H and O–H groups in total. The maximum Gasteiger partial charge on any atom is 0.417 e. The highest BCUT2D eigenvalue weighted by molar-refractivity contribution is 6.31. The van der Waals surface area contributed by atoms with Crippen LogP contribution in [0.25, 0.3) is 0 Å². The van der Waals surface area contributed by atoms with E-state index in [4.69, 9.17) is 11.6 Å². The maximum atomic E-state index is 12.5. The van der Waals surface area contributed by atoms with Crippen LogP contribution in [0.15, 0.2) is 48.5 Å². The van der Waals surface area contributed by atoms with E-state index in [1.54, 1.807) is 0 Å². The van der Waals surface area contributed by atoms with Crippen molar-refractivity contribution in [1.29, 1.82) is 0 Å². The first-order valence-electron chi connectivity index (χ1n) is 5.36. The highest BCUT2D eigenvalue weighted by Crippen LogP contribution is 2.35. The van der Waals surface area contributed by atoms with Crippen molar-refractivity contribution in [3.05, 3.63) is 70.2 Å². The molecule has 0 aliphatic rings. The van der Waals surface area contributed by atoms with Gasteiger partial charge in [0.25, 0.3) is 0 Å². The quantitative estimate of drug-likeness (QED) is 0.724. The van der Waals surface area contributed by atoms with Crippen LogP contribution in [0.3, 0.4) is 0 Å². The Labute approximate surface area is 108 Å². The van der Waals surface area contributed by atoms with Crippen molar-refractivity contribution in [2.45, 2.75) is 12.6 Å². The SMILES string of the molecule is FC(F)(F)c1ccc(Cc2ccccc2)cc1Cl. The number of benzene rings is 2. The molecule has 0 bridgehead atoms. The molecule has 0 heterocycles. The van der Waals surface area contributed by atoms with Crippen LogP contribution in [-0.2, 0) is 12.6 Å². The Morgan fingerprint density at radius 2 is 1.56 bits per heavy atom. The van der Waals surface area contributed by atoms with Crippen molar-refractivity contribution in [2.75, 3.05) is 0 Å². The van der Waals surface area contributed by atoms with Gasteiger partial charge >= 0.3 is 6.18 Å². The number of hydrogen-bond acceptors (Lipinski definition) is 0. The third-order valence-electron chi connectivity index (χ3n) is 2.59. The molecule has 18 heavy (non-hydrogen) atoms. The predicted octanol–water partition coefficient (Wildman–Crippen LogP) is 4.95. The predicted molar refractivity (Wildman–Crippen MR) is 65.7 cm³/mol. The van der Waals surface area contributed by atoms with Crippen molar-refractivity contribution in [2.24, 2.45) is 0 Å². The number of halogens is 4. The molecule has 0 saturated heterocycles. The van der Waals surface area contributed by atoms with E-state index >= 15 is 0 Å². The van der Waals surface area contributed by atoms with Crippen LogP contribution in [0.5, 0.6) is 0 Å². The molecule has 0 nitrogen and oxygen atoms in total. The van der Waals surface area contributed by atoms with Gasteiger partial charge in [-0.1, -0.05) is 48.0 Å². The molecule has 0 saturated carbocycles. The van der Waals surface area contributed by atoms with E-state index in [9.17, 15) is 13.2 Å². The van der Waals surface area contributed by atoms with E-state index < -0.39 is 11.7 Å². The van der Waals surface area contributed by atoms with Gasteiger partial charge < -0.3 is 0 Å². The summed E-state index contributed by atoms with van der Waals surface area (Å²) in [4.78, 5) is 0. The molecule has 0 fully saturated rings. The lowest BCUT2D eigenvalue weighted by molar-refractivity contribution is -0.137. The van der Waals surface area contributed by atoms with Crippen LogP contribution >= 0.6 is 11.6 Å². The van der Waals surface area contributed by atoms with Gasteiger partial charge in [-0.15, -0.1) is 0 Å². The summed E-state index contributed by atoms with van der Waals surface area (Å²) in [6, 6.07) is 13.4. The molecule has 0 aliphatic carbocycles. The van der Waals surface area contributed by atoms with Gasteiger partial charge in [-0.3, -0.25) is 0 Å². The molecule has 2 rings (SSSR count). The van der Waals surface area contributed by atoms with E-state index in [0.29, 0.717) is 6.42 Å². The second-order valence-corrected chi connectivity index (χ2v) is 4.38. The average Bonchev–Trinajstić information content (AvgIpc) is 2.28. The van der Waals surface area contributed by atoms with Crippen molar-refractivity contribution in [3.8, 4) is 0 Å². The van der Waals surface area contributed by atoms with E-state index in [1.807, 2.05) is 30.3 Å². The summed E-state index contributed by atoms with van der Waals surface area (Å²) in [5, 5.41) is -0.254. The monoisotopic (exact) mass is 270 g/mol. The van der Waals surface area contributed by atoms with Gasteiger partial charge in [0.2, 0.25) is 0 Å². The van der Waals surface area contributed by atoms with Gasteiger partial charge in [0, 0.05) is 0 Å². The smallest absolute Gasteiger partial charge is 0.166 e. The Bertz CT molecular complexity index is 532. The van der Waals surface area contributed by atoms with Crippen LogP contribution in [-0.4, -0.2) is 0 Å². The third kappa shape index (κ3) is 3.05. The van der Waals surface area contributed by atoms with Gasteiger partial charge in [-0.2, -0.15) is 13.2 Å². The fourth-order valence-corrected chi connectivity index (χ4v) is 2.04. The van der Waals surface area contributed by atoms with E-state index in [2.05, 4.69) is 0 Å². The number of alkyl halides is 3. The summed E-state index contributed by atoms with van der Waals surface area (Å²) >= 11 is 5.66. The lowest BCUT2D eigenvalue weighted by Gasteiger charge is -2.10. The molecule has 0 unspecified atom stereocenters. The van der Waals surface area contributed by atoms with Gasteiger partial charge in [-0.25, -0.2) is 0 Å². The van der Waals surface area contributed by atoms with Crippen LogP contribution in [0.2, 0.25) is 5.02 Å². The minimum atomic E-state index is -4.40. The summed E-state index contributed by atoms with van der Waals surface area (Å²) in [6.45, 7) is 0. The normalized spacial score (nSPS) is 11.6. The molecule has 0 atom stereocenters. The van der Waals surface area contributed by atoms with Crippen molar-refractivity contribution < 1.29 is 13.2 Å². The Balaban J connectivity index is 2.25. The minimum absolute atomic E-state index is 0.254. The van der Waals surface area contributed by atoms with Gasteiger partial charge in [-0.05, 0) is 29.7 Å². The molecule has 2 aromatic rings. The summed E-state index contributed by atoms with van der Waals surface area (Å²) in [7, 11) is 0. The van der Waals surface area contributed by atoms with Crippen molar-refractivity contribution in [1.82, 2.24) is 0 Å². The molecule has 0 amide bonds. The topological polar surface area (TPSA) is 0 Å². The average molecular weight is 271 g/mol. The molecule has 0 spiro atoms. The Kier molecular flexibility index (Phi) is 3.62. The van der Waals surface area contributed by atoms with Crippen LogP contribution < -0.4 is 0 Å². The van der Waals surface area contributed by atoms with Gasteiger partial charge in [0.1, 0.15) is 0 Å². The molecule has 0 aliphatic heterocycles. The largest absolute Gasteiger partial charge is 0.417 e. The lowest BCUT2D eigenvalue weighted by atomic mass is 10.0. The number of hydrogen-bond donors (Lipinski definition) is 0. The van der Waals surface area contributed by atoms with Gasteiger partial charge in [0.15, 0.2) is 0 Å². The molecule has 0 radical (unpaired) electrons. The summed E-state index contributed by atoms with van der Waals surface area (Å²) in [6.07, 6.45) is -3.83. The zero-order chi connectivity index (χ0) is 13.2. The molecule has 0 aromatic heterocycles. The van der Waals surface area contributed by atoms with Crippen LogP contribution in [0.1, 0.15) is 16.7 Å². The number of rotatable bonds is 2. The standard InChI is InChI=1S/C14H10ClF3/c15-13-9-11(6-7-12(13)14(16,17)18)8-10-4-2-1-3-5-10/h1-7,9H,8H2. The Morgan fingerprint density at radius 1 is 0.889 bits per heavy atom. The molecule has 94 valence electrons. The molecular formula is C14H10ClF3. The Hall–Kier alpha value is -1.48. The third-order valence-corrected chi connectivity index (χ3v) is 2.90. The molecular weight excluding hydrogens is 261 g/mol. The molecule has 2 aromatic carbocycles. The summed E-state index contributed by atoms with van der Waals surface area (Å²) in [5.41, 5.74) is 1.01. The van der Waals surface area contributed by atoms with E-state index in [0.717, 1.165) is 17.2 Å². The first kappa shape index (κ1) is 13.0. The van der Waals surface area contributed by atoms with Crippen molar-refractivity contribution in [3.63, 3.8) is 0 Å². The fraction of sp³-hybridized carbons (Fsp3) is 0.143. The first-order chi connectivity index (χ1) is 8.47. The first-order valence-corrected chi connectivity index (χ1v) is 5.74. The van der Waals surface area contributed by atoms with E-state index in [-0.39, 0.29) is 5.02 Å². The van der Waals surface area contributed by atoms with Crippen LogP contribution in [0.4, 0.5) is 13.2 Å². The minimum Gasteiger partial charge on any atom is -0.166 e. The lowest BCUT2D eigenvalue weighted by Crippen LogP contribution is -2.06.